The van der Waals surface area contributed by atoms with Crippen LogP contribution in [0.2, 0.25) is 0 Å². The number of likely N-dealkylation sites (tertiary alicyclic amines) is 1. The molecule has 0 radical (unpaired) electrons. The van der Waals surface area contributed by atoms with Crippen molar-refractivity contribution < 1.29 is 19.4 Å². The van der Waals surface area contributed by atoms with Crippen LogP contribution in [0.4, 0.5) is 0 Å². The standard InChI is InChI=1S/C23H22N4O4/c1-12-14(3-4-15-18(12)11-31-23(15)30)20(28)10-27-8-16-17(9-27)21(16)26-22(29)19-5-2-13(6-24)7-25-19/h2-5,7,16-17,20-21,28H,8-11H2,1H3,(H,26,29). The molecule has 1 amide bonds. The number of β-amino-alcohol motifs (C(OH)–C–C–N with tert-alkyl or cyclic N) is 1. The third-order valence-corrected chi connectivity index (χ3v) is 6.69. The van der Waals surface area contributed by atoms with E-state index in [1.807, 2.05) is 19.1 Å². The van der Waals surface area contributed by atoms with Gasteiger partial charge in [-0.15, -0.1) is 0 Å². The van der Waals surface area contributed by atoms with Crippen LogP contribution in [0, 0.1) is 30.1 Å². The van der Waals surface area contributed by atoms with E-state index in [1.165, 1.54) is 6.20 Å². The summed E-state index contributed by atoms with van der Waals surface area (Å²) >= 11 is 0. The molecule has 3 aliphatic rings. The SMILES string of the molecule is Cc1c(C(O)CN2CC3C(C2)C3NC(=O)c2ccc(C#N)cn2)ccc2c1COC2=O. The molecule has 1 saturated carbocycles. The van der Waals surface area contributed by atoms with Gasteiger partial charge in [-0.25, -0.2) is 9.78 Å². The highest BCUT2D eigenvalue weighted by Crippen LogP contribution is 2.46. The van der Waals surface area contributed by atoms with Crippen LogP contribution in [0.5, 0.6) is 0 Å². The zero-order valence-electron chi connectivity index (χ0n) is 17.0. The van der Waals surface area contributed by atoms with Crippen LogP contribution in [0.15, 0.2) is 30.5 Å². The third-order valence-electron chi connectivity index (χ3n) is 6.69. The molecule has 0 spiro atoms. The van der Waals surface area contributed by atoms with Gasteiger partial charge in [0.1, 0.15) is 18.4 Å². The maximum Gasteiger partial charge on any atom is 0.338 e. The molecule has 8 heteroatoms. The van der Waals surface area contributed by atoms with Gasteiger partial charge in [-0.1, -0.05) is 6.07 Å². The lowest BCUT2D eigenvalue weighted by Crippen LogP contribution is -2.36. The van der Waals surface area contributed by atoms with Gasteiger partial charge in [0.05, 0.1) is 17.2 Å². The molecule has 5 rings (SSSR count). The second-order valence-electron chi connectivity index (χ2n) is 8.49. The van der Waals surface area contributed by atoms with Crippen LogP contribution in [-0.4, -0.2) is 52.5 Å². The van der Waals surface area contributed by atoms with Gasteiger partial charge in [-0.3, -0.25) is 9.69 Å². The fourth-order valence-corrected chi connectivity index (χ4v) is 4.87. The van der Waals surface area contributed by atoms with E-state index in [9.17, 15) is 14.7 Å². The monoisotopic (exact) mass is 418 g/mol. The zero-order chi connectivity index (χ0) is 21.7. The number of fused-ring (bicyclic) bond motifs is 2. The van der Waals surface area contributed by atoms with Crippen molar-refractivity contribution in [3.63, 3.8) is 0 Å². The Morgan fingerprint density at radius 2 is 2.13 bits per heavy atom. The number of nitriles is 1. The van der Waals surface area contributed by atoms with Crippen molar-refractivity contribution in [3.05, 3.63) is 64.0 Å². The van der Waals surface area contributed by atoms with E-state index in [-0.39, 0.29) is 24.5 Å². The number of benzene rings is 1. The number of aliphatic hydroxyl groups is 1. The molecule has 1 aliphatic carbocycles. The highest BCUT2D eigenvalue weighted by molar-refractivity contribution is 5.94. The molecule has 8 nitrogen and oxygen atoms in total. The Bertz CT molecular complexity index is 1100. The number of carbonyl (C=O) groups excluding carboxylic acids is 2. The molecule has 2 aromatic rings. The van der Waals surface area contributed by atoms with E-state index < -0.39 is 6.10 Å². The quantitative estimate of drug-likeness (QED) is 0.704. The average molecular weight is 418 g/mol. The van der Waals surface area contributed by atoms with Gasteiger partial charge in [0.25, 0.3) is 5.91 Å². The van der Waals surface area contributed by atoms with Gasteiger partial charge >= 0.3 is 5.97 Å². The predicted molar refractivity (Wildman–Crippen MR) is 109 cm³/mol. The fraction of sp³-hybridized carbons (Fsp3) is 0.391. The number of cyclic esters (lactones) is 1. The van der Waals surface area contributed by atoms with E-state index in [0.29, 0.717) is 35.2 Å². The van der Waals surface area contributed by atoms with Crippen LogP contribution in [0.3, 0.4) is 0 Å². The number of carbonyl (C=O) groups is 2. The molecule has 0 bridgehead atoms. The van der Waals surface area contributed by atoms with Crippen LogP contribution >= 0.6 is 0 Å². The maximum absolute atomic E-state index is 12.4. The summed E-state index contributed by atoms with van der Waals surface area (Å²) in [6.45, 7) is 4.34. The van der Waals surface area contributed by atoms with Gasteiger partial charge in [-0.2, -0.15) is 5.26 Å². The number of rotatable bonds is 5. The lowest BCUT2D eigenvalue weighted by molar-refractivity contribution is 0.0534. The summed E-state index contributed by atoms with van der Waals surface area (Å²) in [5.41, 5.74) is 3.93. The van der Waals surface area contributed by atoms with E-state index in [2.05, 4.69) is 15.2 Å². The average Bonchev–Trinajstić information content (AvgIpc) is 3.07. The number of ether oxygens (including phenoxy) is 1. The summed E-state index contributed by atoms with van der Waals surface area (Å²) < 4.78 is 5.09. The number of nitrogens with zero attached hydrogens (tertiary/aromatic N) is 3. The largest absolute Gasteiger partial charge is 0.457 e. The van der Waals surface area contributed by atoms with Crippen molar-refractivity contribution in [2.24, 2.45) is 11.8 Å². The topological polar surface area (TPSA) is 116 Å². The molecular weight excluding hydrogens is 396 g/mol. The number of hydrogen-bond donors (Lipinski definition) is 2. The zero-order valence-corrected chi connectivity index (χ0v) is 17.0. The number of amides is 1. The number of piperidine rings is 1. The molecule has 1 aromatic heterocycles. The minimum absolute atomic E-state index is 0.128. The van der Waals surface area contributed by atoms with Gasteiger partial charge in [-0.05, 0) is 48.1 Å². The van der Waals surface area contributed by atoms with Gasteiger partial charge in [0, 0.05) is 37.4 Å². The Balaban J connectivity index is 1.15. The molecule has 3 heterocycles. The normalized spacial score (nSPS) is 24.7. The molecule has 3 atom stereocenters. The van der Waals surface area contributed by atoms with Crippen molar-refractivity contribution >= 4 is 11.9 Å². The molecule has 31 heavy (non-hydrogen) atoms. The van der Waals surface area contributed by atoms with Gasteiger partial charge in [0.15, 0.2) is 0 Å². The van der Waals surface area contributed by atoms with E-state index in [0.717, 1.165) is 29.8 Å². The Morgan fingerprint density at radius 3 is 2.81 bits per heavy atom. The molecule has 3 unspecified atom stereocenters. The number of aromatic nitrogens is 1. The van der Waals surface area contributed by atoms with Crippen LogP contribution in [-0.2, 0) is 11.3 Å². The predicted octanol–water partition coefficient (Wildman–Crippen LogP) is 1.33. The minimum Gasteiger partial charge on any atom is -0.457 e. The Kier molecular flexibility index (Phi) is 4.73. The molecule has 2 N–H and O–H groups in total. The summed E-state index contributed by atoms with van der Waals surface area (Å²) in [5.74, 6) is 0.229. The number of esters is 1. The van der Waals surface area contributed by atoms with Crippen molar-refractivity contribution in [2.45, 2.75) is 25.7 Å². The highest BCUT2D eigenvalue weighted by atomic mass is 16.5. The Hall–Kier alpha value is -3.28. The van der Waals surface area contributed by atoms with Crippen LogP contribution in [0.25, 0.3) is 0 Å². The lowest BCUT2D eigenvalue weighted by atomic mass is 9.95. The second kappa shape index (κ2) is 7.45. The number of hydrogen-bond acceptors (Lipinski definition) is 7. The molecule has 2 fully saturated rings. The van der Waals surface area contributed by atoms with Crippen LogP contribution in [0.1, 0.15) is 49.2 Å². The van der Waals surface area contributed by atoms with Gasteiger partial charge in [0.2, 0.25) is 0 Å². The first kappa shape index (κ1) is 19.7. The Morgan fingerprint density at radius 1 is 1.35 bits per heavy atom. The molecular formula is C23H22N4O4. The van der Waals surface area contributed by atoms with Crippen molar-refractivity contribution in [1.29, 1.82) is 5.26 Å². The van der Waals surface area contributed by atoms with Crippen molar-refractivity contribution in [3.8, 4) is 6.07 Å². The molecule has 1 saturated heterocycles. The molecule has 2 aliphatic heterocycles. The van der Waals surface area contributed by atoms with E-state index in [1.54, 1.807) is 18.2 Å². The lowest BCUT2D eigenvalue weighted by Gasteiger charge is -2.24. The fourth-order valence-electron chi connectivity index (χ4n) is 4.87. The smallest absolute Gasteiger partial charge is 0.338 e. The minimum atomic E-state index is -0.644. The number of pyridine rings is 1. The van der Waals surface area contributed by atoms with Crippen molar-refractivity contribution in [1.82, 2.24) is 15.2 Å². The molecule has 1 aromatic carbocycles. The summed E-state index contributed by atoms with van der Waals surface area (Å²) in [6.07, 6.45) is 0.753. The number of nitrogens with one attached hydrogen (secondary N) is 1. The summed E-state index contributed by atoms with van der Waals surface area (Å²) in [4.78, 5) is 30.3. The molecule has 158 valence electrons. The van der Waals surface area contributed by atoms with Crippen molar-refractivity contribution in [2.75, 3.05) is 19.6 Å². The summed E-state index contributed by atoms with van der Waals surface area (Å²) in [7, 11) is 0. The van der Waals surface area contributed by atoms with E-state index >= 15 is 0 Å². The van der Waals surface area contributed by atoms with Crippen LogP contribution < -0.4 is 5.32 Å². The first-order valence-electron chi connectivity index (χ1n) is 10.3. The summed E-state index contributed by atoms with van der Waals surface area (Å²) in [5, 5.41) is 22.7. The highest BCUT2D eigenvalue weighted by Gasteiger charge is 2.56. The first-order chi connectivity index (χ1) is 15.0. The second-order valence-corrected chi connectivity index (χ2v) is 8.49. The maximum atomic E-state index is 12.4. The first-order valence-corrected chi connectivity index (χ1v) is 10.3. The summed E-state index contributed by atoms with van der Waals surface area (Å²) in [6, 6.07) is 8.81. The van der Waals surface area contributed by atoms with E-state index in [4.69, 9.17) is 10.00 Å². The van der Waals surface area contributed by atoms with Gasteiger partial charge < -0.3 is 15.2 Å². The third kappa shape index (κ3) is 3.46. The number of aliphatic hydroxyl groups excluding tert-OH is 1. The Labute approximate surface area is 179 Å².